The van der Waals surface area contributed by atoms with Crippen molar-refractivity contribution < 1.29 is 22.4 Å². The SMILES string of the molecule is CS(=O)(=O)c1c(O)ccc(-c2cnoc2N)c1F. The molecule has 0 amide bonds. The van der Waals surface area contributed by atoms with E-state index in [1.54, 1.807) is 0 Å². The summed E-state index contributed by atoms with van der Waals surface area (Å²) in [6, 6.07) is 2.27. The number of hydrogen-bond donors (Lipinski definition) is 2. The lowest BCUT2D eigenvalue weighted by molar-refractivity contribution is 0.436. The number of nitrogens with two attached hydrogens (primary N) is 1. The third-order valence-corrected chi connectivity index (χ3v) is 3.47. The minimum atomic E-state index is -3.91. The Hall–Kier alpha value is -2.09. The second-order valence-electron chi connectivity index (χ2n) is 3.65. The Morgan fingerprint density at radius 1 is 1.39 bits per heavy atom. The predicted molar refractivity (Wildman–Crippen MR) is 61.1 cm³/mol. The molecular formula is C10H9FN2O4S. The van der Waals surface area contributed by atoms with Crippen LogP contribution in [0.1, 0.15) is 0 Å². The second kappa shape index (κ2) is 3.98. The summed E-state index contributed by atoms with van der Waals surface area (Å²) in [7, 11) is -3.91. The first-order chi connectivity index (χ1) is 8.32. The zero-order valence-electron chi connectivity index (χ0n) is 9.21. The zero-order valence-corrected chi connectivity index (χ0v) is 10.0. The highest BCUT2D eigenvalue weighted by Crippen LogP contribution is 2.35. The van der Waals surface area contributed by atoms with Crippen molar-refractivity contribution in [3.63, 3.8) is 0 Å². The van der Waals surface area contributed by atoms with E-state index in [0.717, 1.165) is 18.5 Å². The number of sulfone groups is 1. The van der Waals surface area contributed by atoms with Gasteiger partial charge in [0.05, 0.1) is 11.8 Å². The van der Waals surface area contributed by atoms with Crippen LogP contribution < -0.4 is 5.73 Å². The molecule has 96 valence electrons. The number of phenols is 1. The number of nitrogens with zero attached hydrogens (tertiary/aromatic N) is 1. The van der Waals surface area contributed by atoms with Crippen molar-refractivity contribution in [1.29, 1.82) is 0 Å². The van der Waals surface area contributed by atoms with Crippen LogP contribution in [0.25, 0.3) is 11.1 Å². The fraction of sp³-hybridized carbons (Fsp3) is 0.100. The Balaban J connectivity index is 2.78. The van der Waals surface area contributed by atoms with Crippen molar-refractivity contribution in [3.05, 3.63) is 24.1 Å². The Bertz CT molecular complexity index is 709. The van der Waals surface area contributed by atoms with Gasteiger partial charge in [-0.3, -0.25) is 0 Å². The molecule has 0 bridgehead atoms. The highest BCUT2D eigenvalue weighted by Gasteiger charge is 2.24. The molecule has 2 aromatic rings. The molecule has 0 atom stereocenters. The summed E-state index contributed by atoms with van der Waals surface area (Å²) in [6.45, 7) is 0. The highest BCUT2D eigenvalue weighted by molar-refractivity contribution is 7.90. The van der Waals surface area contributed by atoms with Gasteiger partial charge in [0, 0.05) is 11.8 Å². The molecule has 1 aromatic carbocycles. The van der Waals surface area contributed by atoms with E-state index in [2.05, 4.69) is 9.68 Å². The van der Waals surface area contributed by atoms with Crippen molar-refractivity contribution in [1.82, 2.24) is 5.16 Å². The first-order valence-electron chi connectivity index (χ1n) is 4.74. The number of aromatic hydroxyl groups is 1. The molecular weight excluding hydrogens is 263 g/mol. The van der Waals surface area contributed by atoms with E-state index >= 15 is 0 Å². The molecule has 1 aromatic heterocycles. The van der Waals surface area contributed by atoms with Crippen molar-refractivity contribution in [2.24, 2.45) is 0 Å². The van der Waals surface area contributed by atoms with Gasteiger partial charge in [0.1, 0.15) is 10.6 Å². The van der Waals surface area contributed by atoms with Gasteiger partial charge in [-0.15, -0.1) is 0 Å². The van der Waals surface area contributed by atoms with Crippen LogP contribution in [0.5, 0.6) is 5.75 Å². The van der Waals surface area contributed by atoms with Gasteiger partial charge in [0.2, 0.25) is 5.88 Å². The van der Waals surface area contributed by atoms with Gasteiger partial charge in [0.15, 0.2) is 15.7 Å². The van der Waals surface area contributed by atoms with Crippen LogP contribution in [0, 0.1) is 5.82 Å². The summed E-state index contributed by atoms with van der Waals surface area (Å²) in [5.41, 5.74) is 5.45. The van der Waals surface area contributed by atoms with Crippen LogP contribution >= 0.6 is 0 Å². The van der Waals surface area contributed by atoms with Crippen LogP contribution in [-0.4, -0.2) is 24.9 Å². The van der Waals surface area contributed by atoms with Gasteiger partial charge in [-0.25, -0.2) is 12.8 Å². The summed E-state index contributed by atoms with van der Waals surface area (Å²) in [5.74, 6) is -1.89. The average molecular weight is 272 g/mol. The maximum absolute atomic E-state index is 14.1. The topological polar surface area (TPSA) is 106 Å². The van der Waals surface area contributed by atoms with Crippen molar-refractivity contribution in [2.45, 2.75) is 4.90 Å². The normalized spacial score (nSPS) is 11.7. The maximum atomic E-state index is 14.1. The molecule has 0 aliphatic heterocycles. The molecule has 0 radical (unpaired) electrons. The number of aromatic nitrogens is 1. The monoisotopic (exact) mass is 272 g/mol. The Morgan fingerprint density at radius 3 is 2.56 bits per heavy atom. The lowest BCUT2D eigenvalue weighted by Gasteiger charge is -2.07. The van der Waals surface area contributed by atoms with Gasteiger partial charge in [0.25, 0.3) is 0 Å². The molecule has 18 heavy (non-hydrogen) atoms. The molecule has 0 fully saturated rings. The number of phenolic OH excluding ortho intramolecular Hbond substituents is 1. The molecule has 0 saturated heterocycles. The van der Waals surface area contributed by atoms with Crippen LogP contribution in [0.15, 0.2) is 27.7 Å². The van der Waals surface area contributed by atoms with Gasteiger partial charge in [-0.1, -0.05) is 5.16 Å². The predicted octanol–water partition coefficient (Wildman–Crippen LogP) is 1.17. The molecule has 0 unspecified atom stereocenters. The number of hydrogen-bond acceptors (Lipinski definition) is 6. The smallest absolute Gasteiger partial charge is 0.230 e. The number of halogens is 1. The van der Waals surface area contributed by atoms with Crippen LogP contribution in [-0.2, 0) is 9.84 Å². The Kier molecular flexibility index (Phi) is 2.74. The number of anilines is 1. The molecule has 3 N–H and O–H groups in total. The maximum Gasteiger partial charge on any atom is 0.230 e. The van der Waals surface area contributed by atoms with E-state index in [-0.39, 0.29) is 17.0 Å². The molecule has 1 heterocycles. The van der Waals surface area contributed by atoms with Crippen LogP contribution in [0.2, 0.25) is 0 Å². The minimum absolute atomic E-state index is 0.105. The lowest BCUT2D eigenvalue weighted by atomic mass is 10.1. The molecule has 8 heteroatoms. The highest BCUT2D eigenvalue weighted by atomic mass is 32.2. The van der Waals surface area contributed by atoms with Crippen molar-refractivity contribution >= 4 is 15.7 Å². The van der Waals surface area contributed by atoms with E-state index in [4.69, 9.17) is 5.73 Å². The van der Waals surface area contributed by atoms with Crippen molar-refractivity contribution in [2.75, 3.05) is 12.0 Å². The Labute approximate surface area is 102 Å². The minimum Gasteiger partial charge on any atom is -0.506 e. The quantitative estimate of drug-likeness (QED) is 0.850. The van der Waals surface area contributed by atoms with Crippen LogP contribution in [0.4, 0.5) is 10.3 Å². The molecule has 0 aliphatic carbocycles. The van der Waals surface area contributed by atoms with Gasteiger partial charge >= 0.3 is 0 Å². The Morgan fingerprint density at radius 2 is 2.06 bits per heavy atom. The van der Waals surface area contributed by atoms with E-state index in [0.29, 0.717) is 0 Å². The summed E-state index contributed by atoms with van der Waals surface area (Å²) in [4.78, 5) is -0.777. The van der Waals surface area contributed by atoms with Gasteiger partial charge in [-0.05, 0) is 12.1 Å². The number of nitrogen functional groups attached to an aromatic ring is 1. The van der Waals surface area contributed by atoms with E-state index < -0.39 is 26.3 Å². The molecule has 0 aliphatic rings. The van der Waals surface area contributed by atoms with Gasteiger partial charge in [-0.2, -0.15) is 0 Å². The average Bonchev–Trinajstić information content (AvgIpc) is 2.62. The summed E-state index contributed by atoms with van der Waals surface area (Å²) >= 11 is 0. The van der Waals surface area contributed by atoms with E-state index in [9.17, 15) is 17.9 Å². The first-order valence-corrected chi connectivity index (χ1v) is 6.63. The van der Waals surface area contributed by atoms with Crippen molar-refractivity contribution in [3.8, 4) is 16.9 Å². The molecule has 6 nitrogen and oxygen atoms in total. The molecule has 0 spiro atoms. The summed E-state index contributed by atoms with van der Waals surface area (Å²) < 4.78 is 41.5. The first kappa shape index (κ1) is 12.4. The fourth-order valence-electron chi connectivity index (χ4n) is 1.56. The largest absolute Gasteiger partial charge is 0.506 e. The van der Waals surface area contributed by atoms with E-state index in [1.165, 1.54) is 6.07 Å². The van der Waals surface area contributed by atoms with Gasteiger partial charge < -0.3 is 15.4 Å². The third kappa shape index (κ3) is 1.90. The summed E-state index contributed by atoms with van der Waals surface area (Å²) in [6.07, 6.45) is 1.96. The van der Waals surface area contributed by atoms with Crippen LogP contribution in [0.3, 0.4) is 0 Å². The standard InChI is InChI=1S/C10H9FN2O4S/c1-18(15,16)9-7(14)3-2-5(8(9)11)6-4-13-17-10(6)12/h2-4,14H,12H2,1H3. The molecule has 0 saturated carbocycles. The van der Waals surface area contributed by atoms with E-state index in [1.807, 2.05) is 0 Å². The fourth-order valence-corrected chi connectivity index (χ4v) is 2.44. The zero-order chi connectivity index (χ0) is 13.5. The number of rotatable bonds is 2. The lowest BCUT2D eigenvalue weighted by Crippen LogP contribution is -2.03. The molecule has 2 rings (SSSR count). The number of benzene rings is 1. The summed E-state index contributed by atoms with van der Waals surface area (Å²) in [5, 5.41) is 12.8. The second-order valence-corrected chi connectivity index (χ2v) is 5.60. The third-order valence-electron chi connectivity index (χ3n) is 2.34.